The van der Waals surface area contributed by atoms with Crippen molar-refractivity contribution < 1.29 is 0 Å². The van der Waals surface area contributed by atoms with Crippen LogP contribution in [0.2, 0.25) is 0 Å². The summed E-state index contributed by atoms with van der Waals surface area (Å²) >= 11 is 1.74. The Morgan fingerprint density at radius 2 is 1.76 bits per heavy atom. The average molecular weight is 295 g/mol. The van der Waals surface area contributed by atoms with Crippen LogP contribution in [0.25, 0.3) is 22.0 Å². The average Bonchev–Trinajstić information content (AvgIpc) is 2.46. The van der Waals surface area contributed by atoms with Crippen molar-refractivity contribution in [1.82, 2.24) is 15.0 Å². The van der Waals surface area contributed by atoms with Crippen LogP contribution in [0.1, 0.15) is 20.8 Å². The molecule has 3 nitrogen and oxygen atoms in total. The fourth-order valence-electron chi connectivity index (χ4n) is 2.20. The number of fused-ring (bicyclic) bond motifs is 1. The summed E-state index contributed by atoms with van der Waals surface area (Å²) in [6, 6.07) is 8.24. The summed E-state index contributed by atoms with van der Waals surface area (Å²) < 4.78 is 0.0942. The molecule has 0 saturated heterocycles. The molecule has 0 radical (unpaired) electrons. The second kappa shape index (κ2) is 5.45. The second-order valence-electron chi connectivity index (χ2n) is 5.83. The number of hydrogen-bond acceptors (Lipinski definition) is 4. The van der Waals surface area contributed by atoms with Crippen molar-refractivity contribution in [3.8, 4) is 11.3 Å². The van der Waals surface area contributed by atoms with Crippen molar-refractivity contribution in [1.29, 1.82) is 0 Å². The van der Waals surface area contributed by atoms with Gasteiger partial charge >= 0.3 is 0 Å². The van der Waals surface area contributed by atoms with E-state index in [1.54, 1.807) is 24.2 Å². The number of aromatic nitrogens is 3. The molecule has 0 aliphatic carbocycles. The number of rotatable bonds is 2. The van der Waals surface area contributed by atoms with Gasteiger partial charge in [0, 0.05) is 40.5 Å². The predicted octanol–water partition coefficient (Wildman–Crippen LogP) is 4.58. The van der Waals surface area contributed by atoms with E-state index in [2.05, 4.69) is 47.9 Å². The van der Waals surface area contributed by atoms with E-state index in [0.717, 1.165) is 27.1 Å². The molecule has 0 unspecified atom stereocenters. The largest absolute Gasteiger partial charge is 0.264 e. The van der Waals surface area contributed by atoms with Crippen molar-refractivity contribution in [3.63, 3.8) is 0 Å². The van der Waals surface area contributed by atoms with Crippen molar-refractivity contribution in [2.75, 3.05) is 0 Å². The highest BCUT2D eigenvalue weighted by molar-refractivity contribution is 8.00. The third-order valence-electron chi connectivity index (χ3n) is 3.00. The highest BCUT2D eigenvalue weighted by Gasteiger charge is 2.18. The topological polar surface area (TPSA) is 38.7 Å². The van der Waals surface area contributed by atoms with E-state index in [1.165, 1.54) is 0 Å². The minimum atomic E-state index is 0.0942. The molecule has 21 heavy (non-hydrogen) atoms. The molecule has 0 amide bonds. The third-order valence-corrected chi connectivity index (χ3v) is 4.11. The van der Waals surface area contributed by atoms with E-state index < -0.39 is 0 Å². The molecule has 2 aromatic heterocycles. The lowest BCUT2D eigenvalue weighted by molar-refractivity contribution is 0.798. The van der Waals surface area contributed by atoms with E-state index in [0.29, 0.717) is 0 Å². The van der Waals surface area contributed by atoms with Crippen LogP contribution in [0.15, 0.2) is 54.1 Å². The molecule has 0 fully saturated rings. The van der Waals surface area contributed by atoms with E-state index in [1.807, 2.05) is 24.5 Å². The van der Waals surface area contributed by atoms with E-state index in [4.69, 9.17) is 0 Å². The first-order valence-electron chi connectivity index (χ1n) is 6.88. The summed E-state index contributed by atoms with van der Waals surface area (Å²) in [6.07, 6.45) is 7.21. The minimum absolute atomic E-state index is 0.0942. The van der Waals surface area contributed by atoms with Crippen molar-refractivity contribution >= 4 is 22.5 Å². The minimum Gasteiger partial charge on any atom is -0.264 e. The Balaban J connectivity index is 2.20. The first-order chi connectivity index (χ1) is 10.0. The Morgan fingerprint density at radius 1 is 0.952 bits per heavy atom. The zero-order valence-electron chi connectivity index (χ0n) is 12.4. The van der Waals surface area contributed by atoms with Gasteiger partial charge in [0.15, 0.2) is 0 Å². The summed E-state index contributed by atoms with van der Waals surface area (Å²) in [5, 5.41) is 3.24. The van der Waals surface area contributed by atoms with Crippen LogP contribution >= 0.6 is 11.8 Å². The van der Waals surface area contributed by atoms with Gasteiger partial charge in [-0.2, -0.15) is 0 Å². The third kappa shape index (κ3) is 3.05. The smallest absolute Gasteiger partial charge is 0.123 e. The normalized spacial score (nSPS) is 11.8. The van der Waals surface area contributed by atoms with Crippen molar-refractivity contribution in [2.24, 2.45) is 0 Å². The Hall–Kier alpha value is -1.94. The number of pyridine rings is 1. The molecule has 3 aromatic rings. The van der Waals surface area contributed by atoms with Crippen LogP contribution < -0.4 is 0 Å². The highest BCUT2D eigenvalue weighted by Crippen LogP contribution is 2.37. The first-order valence-corrected chi connectivity index (χ1v) is 7.69. The monoisotopic (exact) mass is 295 g/mol. The molecule has 0 aliphatic rings. The zero-order chi connectivity index (χ0) is 14.9. The molecule has 0 atom stereocenters. The van der Waals surface area contributed by atoms with Gasteiger partial charge in [-0.05, 0) is 11.5 Å². The second-order valence-corrected chi connectivity index (χ2v) is 7.64. The molecular weight excluding hydrogens is 278 g/mol. The quantitative estimate of drug-likeness (QED) is 0.649. The van der Waals surface area contributed by atoms with Crippen molar-refractivity contribution in [2.45, 2.75) is 30.5 Å². The van der Waals surface area contributed by atoms with E-state index in [9.17, 15) is 0 Å². The van der Waals surface area contributed by atoms with Crippen LogP contribution in [0.5, 0.6) is 0 Å². The lowest BCUT2D eigenvalue weighted by atomic mass is 10.0. The Labute approximate surface area is 128 Å². The van der Waals surface area contributed by atoms with Gasteiger partial charge in [0.25, 0.3) is 0 Å². The molecule has 0 N–H and O–H groups in total. The van der Waals surface area contributed by atoms with Crippen LogP contribution in [-0.2, 0) is 0 Å². The van der Waals surface area contributed by atoms with Crippen LogP contribution in [0.3, 0.4) is 0 Å². The van der Waals surface area contributed by atoms with E-state index in [-0.39, 0.29) is 4.75 Å². The molecule has 0 saturated carbocycles. The molecule has 0 bridgehead atoms. The number of benzene rings is 1. The lowest BCUT2D eigenvalue weighted by Crippen LogP contribution is -2.08. The Bertz CT molecular complexity index is 773. The molecule has 3 rings (SSSR count). The van der Waals surface area contributed by atoms with Crippen molar-refractivity contribution in [3.05, 3.63) is 49.1 Å². The molecule has 0 aliphatic heterocycles. The summed E-state index contributed by atoms with van der Waals surface area (Å²) in [5.41, 5.74) is 2.05. The maximum Gasteiger partial charge on any atom is 0.123 e. The Kier molecular flexibility index (Phi) is 3.64. The predicted molar refractivity (Wildman–Crippen MR) is 88.4 cm³/mol. The molecule has 4 heteroatoms. The zero-order valence-corrected chi connectivity index (χ0v) is 13.2. The summed E-state index contributed by atoms with van der Waals surface area (Å²) in [5.74, 6) is 0. The molecular formula is C17H17N3S. The standard InChI is InChI=1S/C17H17N3S/c1-17(2,3)21-16-15(19-9-10-20-16)14-6-4-5-12-11-18-8-7-13(12)14/h4-11H,1-3H3. The Morgan fingerprint density at radius 3 is 2.57 bits per heavy atom. The van der Waals surface area contributed by atoms with E-state index >= 15 is 0 Å². The van der Waals surface area contributed by atoms with Crippen LogP contribution in [-0.4, -0.2) is 19.7 Å². The van der Waals surface area contributed by atoms with Crippen LogP contribution in [0, 0.1) is 0 Å². The SMILES string of the molecule is CC(C)(C)Sc1nccnc1-c1cccc2cnccc12. The maximum atomic E-state index is 4.58. The van der Waals surface area contributed by atoms with Gasteiger partial charge < -0.3 is 0 Å². The number of thioether (sulfide) groups is 1. The van der Waals surface area contributed by atoms with Gasteiger partial charge in [-0.1, -0.05) is 50.7 Å². The fourth-order valence-corrected chi connectivity index (χ4v) is 3.16. The number of hydrogen-bond donors (Lipinski definition) is 0. The number of nitrogens with zero attached hydrogens (tertiary/aromatic N) is 3. The summed E-state index contributed by atoms with van der Waals surface area (Å²) in [7, 11) is 0. The highest BCUT2D eigenvalue weighted by atomic mass is 32.2. The first kappa shape index (κ1) is 14.0. The molecule has 106 valence electrons. The fraction of sp³-hybridized carbons (Fsp3) is 0.235. The molecule has 2 heterocycles. The van der Waals surface area contributed by atoms with Crippen LogP contribution in [0.4, 0.5) is 0 Å². The van der Waals surface area contributed by atoms with Gasteiger partial charge in [0.2, 0.25) is 0 Å². The maximum absolute atomic E-state index is 4.58. The molecule has 0 spiro atoms. The summed E-state index contributed by atoms with van der Waals surface area (Å²) in [6.45, 7) is 6.55. The lowest BCUT2D eigenvalue weighted by Gasteiger charge is -2.18. The van der Waals surface area contributed by atoms with Gasteiger partial charge in [-0.15, -0.1) is 0 Å². The van der Waals surface area contributed by atoms with Gasteiger partial charge in [-0.3, -0.25) is 9.97 Å². The van der Waals surface area contributed by atoms with Gasteiger partial charge in [-0.25, -0.2) is 4.98 Å². The summed E-state index contributed by atoms with van der Waals surface area (Å²) in [4.78, 5) is 13.3. The van der Waals surface area contributed by atoms with Gasteiger partial charge in [0.1, 0.15) is 10.7 Å². The molecule has 1 aromatic carbocycles. The van der Waals surface area contributed by atoms with Gasteiger partial charge in [0.05, 0.1) is 0 Å².